The van der Waals surface area contributed by atoms with E-state index in [-0.39, 0.29) is 5.91 Å². The van der Waals surface area contributed by atoms with Gasteiger partial charge in [-0.25, -0.2) is 4.98 Å². The number of amides is 1. The number of primary amides is 1. The van der Waals surface area contributed by atoms with Crippen LogP contribution in [0, 0.1) is 19.8 Å². The largest absolute Gasteiger partial charge is 0.370 e. The molecular weight excluding hydrogens is 240 g/mol. The van der Waals surface area contributed by atoms with Gasteiger partial charge in [0.05, 0.1) is 11.4 Å². The summed E-state index contributed by atoms with van der Waals surface area (Å²) in [6.07, 6.45) is 5.47. The second kappa shape index (κ2) is 5.99. The predicted molar refractivity (Wildman–Crippen MR) is 74.9 cm³/mol. The average molecular weight is 262 g/mol. The van der Waals surface area contributed by atoms with Crippen molar-refractivity contribution in [1.29, 1.82) is 0 Å². The molecule has 1 unspecified atom stereocenters. The van der Waals surface area contributed by atoms with E-state index in [9.17, 15) is 4.79 Å². The standard InChI is InChI=1S/C14H22N4O/c1-10-8-16-11(2)14(17-10)18-7-3-4-12(9-18)5-6-13(15)19/h8,12H,3-7,9H2,1-2H3,(H2,15,19). The molecule has 1 amide bonds. The van der Waals surface area contributed by atoms with E-state index < -0.39 is 0 Å². The number of anilines is 1. The maximum absolute atomic E-state index is 10.9. The number of rotatable bonds is 4. The fourth-order valence-corrected chi connectivity index (χ4v) is 2.66. The van der Waals surface area contributed by atoms with Gasteiger partial charge >= 0.3 is 0 Å². The van der Waals surface area contributed by atoms with Crippen molar-refractivity contribution in [3.63, 3.8) is 0 Å². The van der Waals surface area contributed by atoms with E-state index in [0.717, 1.165) is 43.1 Å². The zero-order valence-corrected chi connectivity index (χ0v) is 11.7. The molecule has 1 atom stereocenters. The predicted octanol–water partition coefficient (Wildman–Crippen LogP) is 1.58. The van der Waals surface area contributed by atoms with E-state index >= 15 is 0 Å². The van der Waals surface area contributed by atoms with E-state index in [4.69, 9.17) is 5.73 Å². The maximum Gasteiger partial charge on any atom is 0.217 e. The van der Waals surface area contributed by atoms with Gasteiger partial charge in [-0.05, 0) is 39.0 Å². The first-order valence-corrected chi connectivity index (χ1v) is 6.89. The molecule has 0 radical (unpaired) electrons. The summed E-state index contributed by atoms with van der Waals surface area (Å²) in [5, 5.41) is 0. The van der Waals surface area contributed by atoms with Crippen molar-refractivity contribution in [2.45, 2.75) is 39.5 Å². The number of carbonyl (C=O) groups excluding carboxylic acids is 1. The van der Waals surface area contributed by atoms with Crippen LogP contribution in [0.2, 0.25) is 0 Å². The molecule has 1 saturated heterocycles. The van der Waals surface area contributed by atoms with Crippen LogP contribution in [0.1, 0.15) is 37.1 Å². The second-order valence-corrected chi connectivity index (χ2v) is 5.38. The lowest BCUT2D eigenvalue weighted by molar-refractivity contribution is -0.118. The normalized spacial score (nSPS) is 19.5. The number of hydrogen-bond acceptors (Lipinski definition) is 4. The third-order valence-electron chi connectivity index (χ3n) is 3.67. The minimum absolute atomic E-state index is 0.205. The van der Waals surface area contributed by atoms with Gasteiger partial charge < -0.3 is 10.6 Å². The van der Waals surface area contributed by atoms with Crippen LogP contribution < -0.4 is 10.6 Å². The Morgan fingerprint density at radius 2 is 2.32 bits per heavy atom. The number of nitrogens with zero attached hydrogens (tertiary/aromatic N) is 3. The first kappa shape index (κ1) is 13.8. The van der Waals surface area contributed by atoms with Gasteiger partial charge in [0.1, 0.15) is 5.82 Å². The highest BCUT2D eigenvalue weighted by molar-refractivity contribution is 5.73. The average Bonchev–Trinajstić information content (AvgIpc) is 2.39. The number of nitrogens with two attached hydrogens (primary N) is 1. The van der Waals surface area contributed by atoms with Gasteiger partial charge in [-0.15, -0.1) is 0 Å². The van der Waals surface area contributed by atoms with Crippen molar-refractivity contribution in [3.8, 4) is 0 Å². The van der Waals surface area contributed by atoms with Gasteiger partial charge in [-0.1, -0.05) is 0 Å². The highest BCUT2D eigenvalue weighted by Crippen LogP contribution is 2.26. The quantitative estimate of drug-likeness (QED) is 0.894. The monoisotopic (exact) mass is 262 g/mol. The van der Waals surface area contributed by atoms with Crippen LogP contribution in [0.3, 0.4) is 0 Å². The third kappa shape index (κ3) is 3.66. The number of piperidine rings is 1. The molecule has 0 aromatic carbocycles. The molecule has 2 heterocycles. The third-order valence-corrected chi connectivity index (χ3v) is 3.67. The zero-order valence-electron chi connectivity index (χ0n) is 11.7. The summed E-state index contributed by atoms with van der Waals surface area (Å²) in [5.74, 6) is 1.32. The lowest BCUT2D eigenvalue weighted by atomic mass is 9.93. The minimum atomic E-state index is -0.205. The number of aromatic nitrogens is 2. The molecule has 2 rings (SSSR count). The van der Waals surface area contributed by atoms with Crippen molar-refractivity contribution in [2.24, 2.45) is 11.7 Å². The topological polar surface area (TPSA) is 72.1 Å². The molecule has 1 aromatic rings. The Morgan fingerprint density at radius 1 is 1.53 bits per heavy atom. The molecule has 5 nitrogen and oxygen atoms in total. The Morgan fingerprint density at radius 3 is 3.05 bits per heavy atom. The zero-order chi connectivity index (χ0) is 13.8. The molecule has 0 bridgehead atoms. The van der Waals surface area contributed by atoms with Crippen LogP contribution >= 0.6 is 0 Å². The number of carbonyl (C=O) groups is 1. The summed E-state index contributed by atoms with van der Waals surface area (Å²) in [7, 11) is 0. The summed E-state index contributed by atoms with van der Waals surface area (Å²) in [4.78, 5) is 22.1. The molecule has 19 heavy (non-hydrogen) atoms. The van der Waals surface area contributed by atoms with E-state index in [1.54, 1.807) is 6.20 Å². The van der Waals surface area contributed by atoms with Crippen LogP contribution in [0.15, 0.2) is 6.20 Å². The molecule has 1 fully saturated rings. The number of hydrogen-bond donors (Lipinski definition) is 1. The molecule has 2 N–H and O–H groups in total. The van der Waals surface area contributed by atoms with Crippen LogP contribution in [0.5, 0.6) is 0 Å². The summed E-state index contributed by atoms with van der Waals surface area (Å²) < 4.78 is 0. The van der Waals surface area contributed by atoms with Crippen molar-refractivity contribution in [1.82, 2.24) is 9.97 Å². The van der Waals surface area contributed by atoms with Crippen molar-refractivity contribution in [3.05, 3.63) is 17.6 Å². The molecule has 1 aliphatic rings. The van der Waals surface area contributed by atoms with E-state index in [1.807, 2.05) is 13.8 Å². The molecule has 5 heteroatoms. The first-order valence-electron chi connectivity index (χ1n) is 6.89. The van der Waals surface area contributed by atoms with Crippen molar-refractivity contribution in [2.75, 3.05) is 18.0 Å². The Bertz CT molecular complexity index is 461. The molecule has 104 valence electrons. The minimum Gasteiger partial charge on any atom is -0.370 e. The van der Waals surface area contributed by atoms with Gasteiger partial charge in [-0.3, -0.25) is 9.78 Å². The van der Waals surface area contributed by atoms with E-state index in [0.29, 0.717) is 12.3 Å². The van der Waals surface area contributed by atoms with Gasteiger partial charge in [0.25, 0.3) is 0 Å². The molecule has 0 spiro atoms. The highest BCUT2D eigenvalue weighted by atomic mass is 16.1. The maximum atomic E-state index is 10.9. The van der Waals surface area contributed by atoms with Crippen molar-refractivity contribution >= 4 is 11.7 Å². The van der Waals surface area contributed by atoms with Gasteiger partial charge in [0.2, 0.25) is 5.91 Å². The lowest BCUT2D eigenvalue weighted by Gasteiger charge is -2.34. The van der Waals surface area contributed by atoms with Crippen molar-refractivity contribution < 1.29 is 4.79 Å². The molecule has 1 aliphatic heterocycles. The first-order chi connectivity index (χ1) is 9.06. The summed E-state index contributed by atoms with van der Waals surface area (Å²) >= 11 is 0. The van der Waals surface area contributed by atoms with Gasteiger partial charge in [-0.2, -0.15) is 0 Å². The van der Waals surface area contributed by atoms with Gasteiger partial charge in [0.15, 0.2) is 0 Å². The summed E-state index contributed by atoms with van der Waals surface area (Å²) in [6.45, 7) is 5.93. The SMILES string of the molecule is Cc1cnc(C)c(N2CCCC(CCC(N)=O)C2)n1. The highest BCUT2D eigenvalue weighted by Gasteiger charge is 2.22. The summed E-state index contributed by atoms with van der Waals surface area (Å²) in [5.41, 5.74) is 7.14. The van der Waals surface area contributed by atoms with Crippen LogP contribution in [-0.4, -0.2) is 29.0 Å². The smallest absolute Gasteiger partial charge is 0.217 e. The lowest BCUT2D eigenvalue weighted by Crippen LogP contribution is -2.37. The van der Waals surface area contributed by atoms with Gasteiger partial charge in [0, 0.05) is 25.7 Å². The molecule has 0 saturated carbocycles. The number of aryl methyl sites for hydroxylation is 2. The Balaban J connectivity index is 2.04. The molecule has 1 aromatic heterocycles. The van der Waals surface area contributed by atoms with E-state index in [1.165, 1.54) is 6.42 Å². The Kier molecular flexibility index (Phi) is 4.35. The summed E-state index contributed by atoms with van der Waals surface area (Å²) in [6, 6.07) is 0. The van der Waals surface area contributed by atoms with Crippen LogP contribution in [-0.2, 0) is 4.79 Å². The fraction of sp³-hybridized carbons (Fsp3) is 0.643. The molecule has 0 aliphatic carbocycles. The Labute approximate surface area is 114 Å². The van der Waals surface area contributed by atoms with Crippen LogP contribution in [0.4, 0.5) is 5.82 Å². The Hall–Kier alpha value is -1.65. The fourth-order valence-electron chi connectivity index (χ4n) is 2.66. The van der Waals surface area contributed by atoms with E-state index in [2.05, 4.69) is 14.9 Å². The second-order valence-electron chi connectivity index (χ2n) is 5.38. The molecular formula is C14H22N4O. The van der Waals surface area contributed by atoms with Crippen LogP contribution in [0.25, 0.3) is 0 Å².